The molecule has 2 aliphatic rings. The lowest BCUT2D eigenvalue weighted by Crippen LogP contribution is -2.25. The lowest BCUT2D eigenvalue weighted by molar-refractivity contribution is 0.224. The summed E-state index contributed by atoms with van der Waals surface area (Å²) in [6.45, 7) is 4.83. The number of hydrogen-bond acceptors (Lipinski definition) is 7. The van der Waals surface area contributed by atoms with Crippen LogP contribution in [0.1, 0.15) is 74.9 Å². The summed E-state index contributed by atoms with van der Waals surface area (Å²) in [7, 11) is 0. The molecule has 2 fully saturated rings. The number of unbranched alkanes of at least 4 members (excludes halogenated alkanes) is 1. The summed E-state index contributed by atoms with van der Waals surface area (Å²) in [5, 5.41) is 16.4. The molecule has 1 saturated heterocycles. The Labute approximate surface area is 135 Å². The molecule has 8 nitrogen and oxygen atoms in total. The third-order valence-electron chi connectivity index (χ3n) is 4.72. The number of aromatic nitrogens is 6. The Hall–Kier alpha value is -1.83. The minimum atomic E-state index is 0.225. The van der Waals surface area contributed by atoms with Gasteiger partial charge in [-0.25, -0.2) is 4.68 Å². The van der Waals surface area contributed by atoms with Crippen LogP contribution in [0.25, 0.3) is 0 Å². The SMILES string of the molecule is CCCCn1nnnc1CN1CCC[C@@H]1c1noc(C2CC2)n1. The first-order valence-corrected chi connectivity index (χ1v) is 8.67. The lowest BCUT2D eigenvalue weighted by atomic mass is 10.2. The fraction of sp³-hybridized carbons (Fsp3) is 0.800. The van der Waals surface area contributed by atoms with E-state index in [-0.39, 0.29) is 6.04 Å². The maximum atomic E-state index is 5.43. The van der Waals surface area contributed by atoms with Gasteiger partial charge in [-0.05, 0) is 49.1 Å². The summed E-state index contributed by atoms with van der Waals surface area (Å²) in [5.41, 5.74) is 0. The van der Waals surface area contributed by atoms with E-state index in [2.05, 4.69) is 37.5 Å². The van der Waals surface area contributed by atoms with Crippen molar-refractivity contribution in [1.82, 2.24) is 35.2 Å². The topological polar surface area (TPSA) is 85.8 Å². The highest BCUT2D eigenvalue weighted by atomic mass is 16.5. The number of likely N-dealkylation sites (tertiary alicyclic amines) is 1. The Morgan fingerprint density at radius 3 is 3.00 bits per heavy atom. The zero-order valence-corrected chi connectivity index (χ0v) is 13.6. The molecule has 0 aromatic carbocycles. The van der Waals surface area contributed by atoms with Crippen molar-refractivity contribution in [2.45, 2.75) is 70.5 Å². The van der Waals surface area contributed by atoms with Gasteiger partial charge >= 0.3 is 0 Å². The Kier molecular flexibility index (Phi) is 4.07. The van der Waals surface area contributed by atoms with E-state index in [1.54, 1.807) is 0 Å². The Bertz CT molecular complexity index is 648. The predicted octanol–water partition coefficient (Wildman–Crippen LogP) is 2.07. The third-order valence-corrected chi connectivity index (χ3v) is 4.72. The van der Waals surface area contributed by atoms with Gasteiger partial charge in [0.1, 0.15) is 0 Å². The second-order valence-corrected chi connectivity index (χ2v) is 6.57. The second kappa shape index (κ2) is 6.35. The summed E-state index contributed by atoms with van der Waals surface area (Å²) in [6.07, 6.45) is 6.81. The Balaban J connectivity index is 1.46. The van der Waals surface area contributed by atoms with Crippen molar-refractivity contribution in [3.05, 3.63) is 17.5 Å². The maximum Gasteiger partial charge on any atom is 0.229 e. The van der Waals surface area contributed by atoms with E-state index in [9.17, 15) is 0 Å². The van der Waals surface area contributed by atoms with Crippen LogP contribution in [0.5, 0.6) is 0 Å². The van der Waals surface area contributed by atoms with E-state index < -0.39 is 0 Å². The molecular weight excluding hydrogens is 294 g/mol. The highest BCUT2D eigenvalue weighted by Crippen LogP contribution is 2.40. The summed E-state index contributed by atoms with van der Waals surface area (Å²) < 4.78 is 7.35. The minimum absolute atomic E-state index is 0.225. The zero-order chi connectivity index (χ0) is 15.6. The smallest absolute Gasteiger partial charge is 0.229 e. The highest BCUT2D eigenvalue weighted by Gasteiger charge is 2.34. The van der Waals surface area contributed by atoms with Crippen LogP contribution in [0.3, 0.4) is 0 Å². The molecule has 0 bridgehead atoms. The van der Waals surface area contributed by atoms with Crippen molar-refractivity contribution in [3.63, 3.8) is 0 Å². The van der Waals surface area contributed by atoms with E-state index >= 15 is 0 Å². The standard InChI is InChI=1S/C15H23N7O/c1-2-3-9-22-13(17-19-20-22)10-21-8-4-5-12(21)14-16-15(23-18-14)11-6-7-11/h11-12H,2-10H2,1H3/t12-/m1/s1. The number of nitrogens with zero attached hydrogens (tertiary/aromatic N) is 7. The van der Waals surface area contributed by atoms with E-state index in [0.717, 1.165) is 62.9 Å². The monoisotopic (exact) mass is 317 g/mol. The summed E-state index contributed by atoms with van der Waals surface area (Å²) in [4.78, 5) is 7.00. The first kappa shape index (κ1) is 14.7. The number of hydrogen-bond donors (Lipinski definition) is 0. The van der Waals surface area contributed by atoms with Crippen molar-refractivity contribution < 1.29 is 4.52 Å². The predicted molar refractivity (Wildman–Crippen MR) is 81.4 cm³/mol. The van der Waals surface area contributed by atoms with E-state index in [4.69, 9.17) is 4.52 Å². The molecule has 3 heterocycles. The summed E-state index contributed by atoms with van der Waals surface area (Å²) in [5.74, 6) is 3.08. The molecule has 4 rings (SSSR count). The Morgan fingerprint density at radius 1 is 1.26 bits per heavy atom. The molecule has 124 valence electrons. The molecule has 1 aliphatic heterocycles. The summed E-state index contributed by atoms with van der Waals surface area (Å²) in [6, 6.07) is 0.225. The van der Waals surface area contributed by atoms with Gasteiger partial charge in [-0.15, -0.1) is 5.10 Å². The van der Waals surface area contributed by atoms with Crippen LogP contribution in [-0.2, 0) is 13.1 Å². The van der Waals surface area contributed by atoms with Crippen LogP contribution in [0.2, 0.25) is 0 Å². The van der Waals surface area contributed by atoms with Crippen molar-refractivity contribution in [2.75, 3.05) is 6.54 Å². The fourth-order valence-corrected chi connectivity index (χ4v) is 3.19. The molecule has 1 atom stereocenters. The molecule has 0 N–H and O–H groups in total. The number of tetrazole rings is 1. The number of rotatable bonds is 7. The highest BCUT2D eigenvalue weighted by molar-refractivity contribution is 5.05. The molecule has 1 saturated carbocycles. The second-order valence-electron chi connectivity index (χ2n) is 6.57. The van der Waals surface area contributed by atoms with E-state index in [1.165, 1.54) is 12.8 Å². The zero-order valence-electron chi connectivity index (χ0n) is 13.6. The maximum absolute atomic E-state index is 5.43. The van der Waals surface area contributed by atoms with Crippen LogP contribution in [0, 0.1) is 0 Å². The lowest BCUT2D eigenvalue weighted by Gasteiger charge is -2.20. The normalized spacial score (nSPS) is 22.0. The van der Waals surface area contributed by atoms with Gasteiger partial charge in [0, 0.05) is 12.5 Å². The molecule has 0 unspecified atom stereocenters. The average Bonchev–Trinajstić information content (AvgIpc) is 2.98. The molecular formula is C15H23N7O. The quantitative estimate of drug-likeness (QED) is 0.772. The summed E-state index contributed by atoms with van der Waals surface area (Å²) >= 11 is 0. The number of aryl methyl sites for hydroxylation is 1. The van der Waals surface area contributed by atoms with Crippen molar-refractivity contribution in [2.24, 2.45) is 0 Å². The van der Waals surface area contributed by atoms with Crippen LogP contribution >= 0.6 is 0 Å². The van der Waals surface area contributed by atoms with E-state index in [0.29, 0.717) is 5.92 Å². The van der Waals surface area contributed by atoms with Crippen LogP contribution in [0.15, 0.2) is 4.52 Å². The first-order chi connectivity index (χ1) is 11.3. The molecule has 0 spiro atoms. The van der Waals surface area contributed by atoms with Crippen molar-refractivity contribution >= 4 is 0 Å². The fourth-order valence-electron chi connectivity index (χ4n) is 3.19. The average molecular weight is 317 g/mol. The molecule has 8 heteroatoms. The largest absolute Gasteiger partial charge is 0.339 e. The molecule has 2 aromatic rings. The van der Waals surface area contributed by atoms with Crippen molar-refractivity contribution in [1.29, 1.82) is 0 Å². The van der Waals surface area contributed by atoms with Crippen LogP contribution in [0.4, 0.5) is 0 Å². The third kappa shape index (κ3) is 3.12. The van der Waals surface area contributed by atoms with Crippen molar-refractivity contribution in [3.8, 4) is 0 Å². The van der Waals surface area contributed by atoms with Gasteiger partial charge in [-0.1, -0.05) is 18.5 Å². The first-order valence-electron chi connectivity index (χ1n) is 8.67. The van der Waals surface area contributed by atoms with Gasteiger partial charge < -0.3 is 4.52 Å². The molecule has 1 aliphatic carbocycles. The van der Waals surface area contributed by atoms with Gasteiger partial charge in [-0.3, -0.25) is 4.90 Å². The van der Waals surface area contributed by atoms with Gasteiger partial charge in [0.05, 0.1) is 12.6 Å². The van der Waals surface area contributed by atoms with E-state index in [1.807, 2.05) is 4.68 Å². The Morgan fingerprint density at radius 2 is 2.17 bits per heavy atom. The van der Waals surface area contributed by atoms with Gasteiger partial charge in [0.2, 0.25) is 5.89 Å². The molecule has 0 amide bonds. The van der Waals surface area contributed by atoms with Gasteiger partial charge in [-0.2, -0.15) is 4.98 Å². The molecule has 0 radical (unpaired) electrons. The van der Waals surface area contributed by atoms with Gasteiger partial charge in [0.15, 0.2) is 11.6 Å². The van der Waals surface area contributed by atoms with Gasteiger partial charge in [0.25, 0.3) is 0 Å². The molecule has 23 heavy (non-hydrogen) atoms. The minimum Gasteiger partial charge on any atom is -0.339 e. The molecule has 2 aromatic heterocycles. The van der Waals surface area contributed by atoms with Crippen LogP contribution < -0.4 is 0 Å². The van der Waals surface area contributed by atoms with Crippen LogP contribution in [-0.4, -0.2) is 41.8 Å².